The number of benzene rings is 1. The lowest BCUT2D eigenvalue weighted by atomic mass is 9.89. The maximum atomic E-state index is 5.51. The summed E-state index contributed by atoms with van der Waals surface area (Å²) < 4.78 is 5.51. The average Bonchev–Trinajstić information content (AvgIpc) is 3.19. The minimum Gasteiger partial charge on any atom is -0.381 e. The van der Waals surface area contributed by atoms with Gasteiger partial charge in [-0.25, -0.2) is 4.98 Å². The summed E-state index contributed by atoms with van der Waals surface area (Å²) in [5.74, 6) is 1.70. The molecule has 28 heavy (non-hydrogen) atoms. The van der Waals surface area contributed by atoms with Crippen molar-refractivity contribution >= 4 is 16.5 Å². The van der Waals surface area contributed by atoms with E-state index in [1.807, 2.05) is 6.20 Å². The van der Waals surface area contributed by atoms with E-state index in [9.17, 15) is 0 Å². The van der Waals surface area contributed by atoms with Crippen molar-refractivity contribution < 1.29 is 4.74 Å². The predicted molar refractivity (Wildman–Crippen MR) is 116 cm³/mol. The van der Waals surface area contributed by atoms with E-state index in [0.29, 0.717) is 5.41 Å². The van der Waals surface area contributed by atoms with E-state index in [1.165, 1.54) is 62.2 Å². The molecule has 4 nitrogen and oxygen atoms in total. The molecule has 3 aliphatic rings. The van der Waals surface area contributed by atoms with E-state index in [2.05, 4.69) is 45.5 Å². The summed E-state index contributed by atoms with van der Waals surface area (Å²) in [4.78, 5) is 8.56. The van der Waals surface area contributed by atoms with Gasteiger partial charge < -0.3 is 15.0 Å². The lowest BCUT2D eigenvalue weighted by Crippen LogP contribution is -2.39. The highest BCUT2D eigenvalue weighted by atomic mass is 32.1. The van der Waals surface area contributed by atoms with Crippen LogP contribution < -0.4 is 5.32 Å². The highest BCUT2D eigenvalue weighted by Crippen LogP contribution is 2.59. The Labute approximate surface area is 172 Å². The minimum absolute atomic E-state index is 0.624. The van der Waals surface area contributed by atoms with Crippen molar-refractivity contribution in [3.8, 4) is 10.4 Å². The van der Waals surface area contributed by atoms with Crippen molar-refractivity contribution in [2.24, 2.45) is 17.3 Å². The summed E-state index contributed by atoms with van der Waals surface area (Å²) in [5, 5.41) is 4.69. The number of likely N-dealkylation sites (tertiary alicyclic amines) is 1. The molecule has 0 bridgehead atoms. The van der Waals surface area contributed by atoms with Crippen molar-refractivity contribution in [3.63, 3.8) is 0 Å². The molecule has 1 unspecified atom stereocenters. The molecule has 1 aromatic carbocycles. The largest absolute Gasteiger partial charge is 0.381 e. The molecule has 2 aliphatic heterocycles. The predicted octanol–water partition coefficient (Wildman–Crippen LogP) is 4.75. The third kappa shape index (κ3) is 4.12. The molecule has 1 N–H and O–H groups in total. The van der Waals surface area contributed by atoms with E-state index in [4.69, 9.17) is 4.74 Å². The molecule has 0 radical (unpaired) electrons. The zero-order chi connectivity index (χ0) is 18.8. The monoisotopic (exact) mass is 397 g/mol. The molecule has 2 saturated heterocycles. The molecular formula is C23H31N3OS. The quantitative estimate of drug-likeness (QED) is 0.763. The Kier molecular flexibility index (Phi) is 5.40. The Balaban J connectivity index is 1.07. The SMILES string of the molecule is c1ccc(-c2cnc(NCC3CC34CCN(CC3CCOCC3)CC4)s2)cc1. The summed E-state index contributed by atoms with van der Waals surface area (Å²) in [7, 11) is 0. The van der Waals surface area contributed by atoms with E-state index in [-0.39, 0.29) is 0 Å². The Morgan fingerprint density at radius 1 is 1.14 bits per heavy atom. The summed E-state index contributed by atoms with van der Waals surface area (Å²) in [6, 6.07) is 10.5. The van der Waals surface area contributed by atoms with Gasteiger partial charge in [-0.1, -0.05) is 41.7 Å². The molecule has 150 valence electrons. The zero-order valence-electron chi connectivity index (χ0n) is 16.6. The topological polar surface area (TPSA) is 37.4 Å². The average molecular weight is 398 g/mol. The van der Waals surface area contributed by atoms with Crippen LogP contribution in [-0.4, -0.2) is 49.3 Å². The first-order valence-corrected chi connectivity index (χ1v) is 11.7. The smallest absolute Gasteiger partial charge is 0.183 e. The van der Waals surface area contributed by atoms with Gasteiger partial charge in [0.1, 0.15) is 0 Å². The van der Waals surface area contributed by atoms with E-state index >= 15 is 0 Å². The van der Waals surface area contributed by atoms with Gasteiger partial charge in [-0.3, -0.25) is 0 Å². The van der Waals surface area contributed by atoms with Crippen molar-refractivity contribution in [2.75, 3.05) is 44.7 Å². The summed E-state index contributed by atoms with van der Waals surface area (Å²) >= 11 is 1.77. The van der Waals surface area contributed by atoms with Crippen LogP contribution in [0.1, 0.15) is 32.1 Å². The molecule has 5 rings (SSSR count). The number of hydrogen-bond donors (Lipinski definition) is 1. The van der Waals surface area contributed by atoms with Crippen LogP contribution in [0.5, 0.6) is 0 Å². The number of anilines is 1. The fourth-order valence-electron chi connectivity index (χ4n) is 5.11. The molecule has 1 aliphatic carbocycles. The molecule has 2 aromatic rings. The first-order valence-electron chi connectivity index (χ1n) is 10.9. The fraction of sp³-hybridized carbons (Fsp3) is 0.609. The van der Waals surface area contributed by atoms with Crippen molar-refractivity contribution in [1.82, 2.24) is 9.88 Å². The van der Waals surface area contributed by atoms with Crippen LogP contribution in [0.25, 0.3) is 10.4 Å². The zero-order valence-corrected chi connectivity index (χ0v) is 17.4. The number of rotatable bonds is 6. The molecule has 1 saturated carbocycles. The number of aromatic nitrogens is 1. The highest BCUT2D eigenvalue weighted by Gasteiger charge is 2.54. The molecule has 0 amide bonds. The fourth-order valence-corrected chi connectivity index (χ4v) is 5.94. The van der Waals surface area contributed by atoms with Gasteiger partial charge in [-0.15, -0.1) is 0 Å². The Hall–Kier alpha value is -1.43. The van der Waals surface area contributed by atoms with Gasteiger partial charge in [0.15, 0.2) is 5.13 Å². The van der Waals surface area contributed by atoms with Crippen LogP contribution in [0.2, 0.25) is 0 Å². The molecule has 1 spiro atoms. The van der Waals surface area contributed by atoms with Crippen LogP contribution in [-0.2, 0) is 4.74 Å². The van der Waals surface area contributed by atoms with Crippen LogP contribution in [0, 0.1) is 17.3 Å². The maximum Gasteiger partial charge on any atom is 0.183 e. The standard InChI is InChI=1S/C23H31N3OS/c1-2-4-19(5-3-1)21-16-25-22(28-21)24-15-20-14-23(20)8-10-26(11-9-23)17-18-6-12-27-13-7-18/h1-5,16,18,20H,6-15,17H2,(H,24,25). The van der Waals surface area contributed by atoms with Crippen molar-refractivity contribution in [2.45, 2.75) is 32.1 Å². The van der Waals surface area contributed by atoms with Gasteiger partial charge in [0.25, 0.3) is 0 Å². The number of nitrogens with one attached hydrogen (secondary N) is 1. The molecule has 1 atom stereocenters. The minimum atomic E-state index is 0.624. The summed E-state index contributed by atoms with van der Waals surface area (Å²) in [6.07, 6.45) is 8.69. The van der Waals surface area contributed by atoms with Gasteiger partial charge in [-0.05, 0) is 68.0 Å². The van der Waals surface area contributed by atoms with Gasteiger partial charge in [-0.2, -0.15) is 0 Å². The van der Waals surface area contributed by atoms with Gasteiger partial charge >= 0.3 is 0 Å². The first-order chi connectivity index (χ1) is 13.8. The second-order valence-electron chi connectivity index (χ2n) is 8.90. The Morgan fingerprint density at radius 3 is 2.71 bits per heavy atom. The molecule has 3 fully saturated rings. The van der Waals surface area contributed by atoms with Gasteiger partial charge in [0.05, 0.1) is 4.88 Å². The second-order valence-corrected chi connectivity index (χ2v) is 9.93. The number of nitrogens with zero attached hydrogens (tertiary/aromatic N) is 2. The maximum absolute atomic E-state index is 5.51. The van der Waals surface area contributed by atoms with E-state index in [1.54, 1.807) is 11.3 Å². The van der Waals surface area contributed by atoms with Gasteiger partial charge in [0.2, 0.25) is 0 Å². The third-order valence-corrected chi connectivity index (χ3v) is 8.14. The number of ether oxygens (including phenoxy) is 1. The van der Waals surface area contributed by atoms with Crippen LogP contribution >= 0.6 is 11.3 Å². The van der Waals surface area contributed by atoms with Crippen LogP contribution in [0.15, 0.2) is 36.5 Å². The number of hydrogen-bond acceptors (Lipinski definition) is 5. The van der Waals surface area contributed by atoms with E-state index < -0.39 is 0 Å². The van der Waals surface area contributed by atoms with Crippen LogP contribution in [0.3, 0.4) is 0 Å². The lowest BCUT2D eigenvalue weighted by Gasteiger charge is -2.36. The molecule has 3 heterocycles. The Morgan fingerprint density at radius 2 is 1.93 bits per heavy atom. The first kappa shape index (κ1) is 18.6. The normalized spacial score (nSPS) is 25.1. The summed E-state index contributed by atoms with van der Waals surface area (Å²) in [5.41, 5.74) is 1.88. The lowest BCUT2D eigenvalue weighted by molar-refractivity contribution is 0.0449. The van der Waals surface area contributed by atoms with Crippen molar-refractivity contribution in [3.05, 3.63) is 36.5 Å². The molecule has 1 aromatic heterocycles. The Bertz CT molecular complexity index is 763. The summed E-state index contributed by atoms with van der Waals surface area (Å²) in [6.45, 7) is 6.91. The second kappa shape index (κ2) is 8.13. The molecular weight excluding hydrogens is 366 g/mol. The number of piperidine rings is 1. The number of thiazole rings is 1. The highest BCUT2D eigenvalue weighted by molar-refractivity contribution is 7.18. The van der Waals surface area contributed by atoms with Crippen LogP contribution in [0.4, 0.5) is 5.13 Å². The third-order valence-electron chi connectivity index (χ3n) is 7.13. The van der Waals surface area contributed by atoms with Crippen molar-refractivity contribution in [1.29, 1.82) is 0 Å². The van der Waals surface area contributed by atoms with Gasteiger partial charge in [0, 0.05) is 32.5 Å². The van der Waals surface area contributed by atoms with E-state index in [0.717, 1.165) is 36.7 Å². The molecule has 5 heteroatoms.